The molecule has 2 saturated heterocycles. The fourth-order valence-electron chi connectivity index (χ4n) is 6.08. The Morgan fingerprint density at radius 2 is 0.907 bits per heavy atom. The molecular formula is C41H80O13. The first-order valence-corrected chi connectivity index (χ1v) is 21.4. The van der Waals surface area contributed by atoms with E-state index in [4.69, 9.17) is 47.4 Å². The summed E-state index contributed by atoms with van der Waals surface area (Å²) in [6, 6.07) is 0. The molecule has 0 bridgehead atoms. The number of hydrogen-bond acceptors (Lipinski definition) is 13. The Labute approximate surface area is 327 Å². The van der Waals surface area contributed by atoms with E-state index in [1.54, 1.807) is 13.8 Å². The van der Waals surface area contributed by atoms with Crippen molar-refractivity contribution in [1.82, 2.24) is 0 Å². The van der Waals surface area contributed by atoms with Gasteiger partial charge in [-0.3, -0.25) is 0 Å². The van der Waals surface area contributed by atoms with E-state index in [1.807, 2.05) is 0 Å². The van der Waals surface area contributed by atoms with Crippen LogP contribution in [-0.4, -0.2) is 148 Å². The van der Waals surface area contributed by atoms with Gasteiger partial charge >= 0.3 is 0 Å². The maximum absolute atomic E-state index is 11.7. The molecule has 2 fully saturated rings. The van der Waals surface area contributed by atoms with Gasteiger partial charge in [-0.25, -0.2) is 0 Å². The van der Waals surface area contributed by atoms with Crippen LogP contribution >= 0.6 is 0 Å². The third kappa shape index (κ3) is 17.5. The van der Waals surface area contributed by atoms with Crippen molar-refractivity contribution < 1.29 is 62.7 Å². The molecule has 13 nitrogen and oxygen atoms in total. The number of hydrogen-bond donors (Lipinski definition) is 3. The van der Waals surface area contributed by atoms with Gasteiger partial charge in [0.05, 0.1) is 25.4 Å². The van der Waals surface area contributed by atoms with Gasteiger partial charge in [-0.2, -0.15) is 0 Å². The monoisotopic (exact) mass is 781 g/mol. The van der Waals surface area contributed by atoms with Crippen molar-refractivity contribution in [3.63, 3.8) is 0 Å². The van der Waals surface area contributed by atoms with Gasteiger partial charge in [0.25, 0.3) is 0 Å². The molecule has 0 aromatic rings. The SMILES string of the molecule is CCCCOCC1O[C@H](O[C@H]2O[C@H](COCCCC)[C@@H](O)C(OCCCC)C2OCCCC)[C@@H](OCCCC)C(OCCCC)[C@@H]1OC[C@H](O)C(C)(C)O. The van der Waals surface area contributed by atoms with Crippen LogP contribution in [0.25, 0.3) is 0 Å². The Bertz CT molecular complexity index is 892. The summed E-state index contributed by atoms with van der Waals surface area (Å²) in [7, 11) is 0. The van der Waals surface area contributed by atoms with Crippen LogP contribution < -0.4 is 0 Å². The second-order valence-corrected chi connectivity index (χ2v) is 15.3. The number of unbranched alkanes of at least 4 members (excludes halogenated alkanes) is 6. The van der Waals surface area contributed by atoms with E-state index in [9.17, 15) is 15.3 Å². The van der Waals surface area contributed by atoms with Gasteiger partial charge < -0.3 is 62.7 Å². The molecule has 0 aliphatic carbocycles. The minimum absolute atomic E-state index is 0.155. The van der Waals surface area contributed by atoms with Crippen molar-refractivity contribution in [1.29, 1.82) is 0 Å². The van der Waals surface area contributed by atoms with Crippen molar-refractivity contribution in [2.75, 3.05) is 59.5 Å². The van der Waals surface area contributed by atoms with E-state index in [1.165, 1.54) is 0 Å². The van der Waals surface area contributed by atoms with E-state index in [0.29, 0.717) is 39.6 Å². The summed E-state index contributed by atoms with van der Waals surface area (Å²) in [4.78, 5) is 0. The average Bonchev–Trinajstić information content (AvgIpc) is 3.14. The number of aliphatic hydroxyl groups excluding tert-OH is 2. The Morgan fingerprint density at radius 1 is 0.519 bits per heavy atom. The fourth-order valence-corrected chi connectivity index (χ4v) is 6.08. The predicted octanol–water partition coefficient (Wildman–Crippen LogP) is 5.71. The van der Waals surface area contributed by atoms with Crippen LogP contribution in [0.4, 0.5) is 0 Å². The number of ether oxygens (including phenoxy) is 10. The van der Waals surface area contributed by atoms with Crippen LogP contribution in [0.5, 0.6) is 0 Å². The Kier molecular flexibility index (Phi) is 26.5. The van der Waals surface area contributed by atoms with Crippen molar-refractivity contribution in [3.8, 4) is 0 Å². The lowest BCUT2D eigenvalue weighted by Crippen LogP contribution is -2.66. The first-order chi connectivity index (χ1) is 26.1. The van der Waals surface area contributed by atoms with Gasteiger partial charge in [-0.1, -0.05) is 80.1 Å². The maximum atomic E-state index is 11.7. The second kappa shape index (κ2) is 28.8. The molecular weight excluding hydrogens is 700 g/mol. The summed E-state index contributed by atoms with van der Waals surface area (Å²) < 4.78 is 64.7. The van der Waals surface area contributed by atoms with Crippen LogP contribution in [0, 0.1) is 0 Å². The van der Waals surface area contributed by atoms with Gasteiger partial charge in [-0.15, -0.1) is 0 Å². The fraction of sp³-hybridized carbons (Fsp3) is 1.00. The molecule has 0 radical (unpaired) electrons. The van der Waals surface area contributed by atoms with Gasteiger partial charge in [-0.05, 0) is 52.4 Å². The molecule has 322 valence electrons. The molecule has 2 rings (SSSR count). The first-order valence-electron chi connectivity index (χ1n) is 21.4. The van der Waals surface area contributed by atoms with E-state index >= 15 is 0 Å². The van der Waals surface area contributed by atoms with E-state index in [-0.39, 0.29) is 19.8 Å². The third-order valence-corrected chi connectivity index (χ3v) is 9.82. The summed E-state index contributed by atoms with van der Waals surface area (Å²) >= 11 is 0. The molecule has 13 heteroatoms. The summed E-state index contributed by atoms with van der Waals surface area (Å²) in [5.41, 5.74) is -1.38. The van der Waals surface area contributed by atoms with E-state index < -0.39 is 73.1 Å². The zero-order chi connectivity index (χ0) is 39.8. The minimum atomic E-state index is -1.38. The number of aliphatic hydroxyl groups is 3. The van der Waals surface area contributed by atoms with Crippen molar-refractivity contribution in [2.45, 2.75) is 206 Å². The Morgan fingerprint density at radius 3 is 1.37 bits per heavy atom. The highest BCUT2D eigenvalue weighted by atomic mass is 16.8. The van der Waals surface area contributed by atoms with Crippen molar-refractivity contribution in [3.05, 3.63) is 0 Å². The average molecular weight is 781 g/mol. The molecule has 0 saturated carbocycles. The lowest BCUT2D eigenvalue weighted by atomic mass is 9.96. The van der Waals surface area contributed by atoms with E-state index in [0.717, 1.165) is 77.0 Å². The van der Waals surface area contributed by atoms with Crippen molar-refractivity contribution >= 4 is 0 Å². The predicted molar refractivity (Wildman–Crippen MR) is 207 cm³/mol. The number of rotatable bonds is 32. The molecule has 4 unspecified atom stereocenters. The highest BCUT2D eigenvalue weighted by Gasteiger charge is 2.53. The molecule has 11 atom stereocenters. The van der Waals surface area contributed by atoms with Crippen LogP contribution in [0.15, 0.2) is 0 Å². The molecule has 54 heavy (non-hydrogen) atoms. The zero-order valence-electron chi connectivity index (χ0n) is 35.1. The van der Waals surface area contributed by atoms with Crippen LogP contribution in [0.3, 0.4) is 0 Å². The quantitative estimate of drug-likeness (QED) is 0.0716. The largest absolute Gasteiger partial charge is 0.388 e. The van der Waals surface area contributed by atoms with Gasteiger partial charge in [0.2, 0.25) is 0 Å². The van der Waals surface area contributed by atoms with Crippen molar-refractivity contribution in [2.24, 2.45) is 0 Å². The summed E-state index contributed by atoms with van der Waals surface area (Å²) in [5.74, 6) is 0. The maximum Gasteiger partial charge on any atom is 0.190 e. The smallest absolute Gasteiger partial charge is 0.190 e. The Hall–Kier alpha value is -0.520. The highest BCUT2D eigenvalue weighted by molar-refractivity contribution is 4.96. The minimum Gasteiger partial charge on any atom is -0.388 e. The standard InChI is InChI=1S/C41H80O13/c1-9-15-21-45-27-30-33(43)35(47-23-17-11-3)37(49-25-19-13-5)39(52-30)54-40-38(50-26-20-14-6)36(48-24-18-12-4)34(51-29-32(42)41(7,8)44)31(53-40)28-46-22-16-10-2/h30-40,42-44H,9-29H2,1-8H3/t30-,31?,32+,33-,34-,35?,36?,37?,38+,39-,40-/m1/s1. The molecule has 0 amide bonds. The normalized spacial score (nSPS) is 29.8. The van der Waals surface area contributed by atoms with E-state index in [2.05, 4.69) is 41.5 Å². The molecule has 0 spiro atoms. The molecule has 2 aliphatic heterocycles. The molecule has 0 aromatic heterocycles. The third-order valence-electron chi connectivity index (χ3n) is 9.82. The molecule has 2 heterocycles. The van der Waals surface area contributed by atoms with Gasteiger partial charge in [0, 0.05) is 39.6 Å². The molecule has 2 aliphatic rings. The lowest BCUT2D eigenvalue weighted by Gasteiger charge is -2.49. The van der Waals surface area contributed by atoms with Gasteiger partial charge in [0.15, 0.2) is 12.6 Å². The summed E-state index contributed by atoms with van der Waals surface area (Å²) in [6.07, 6.45) is 1.40. The van der Waals surface area contributed by atoms with Crippen LogP contribution in [0.2, 0.25) is 0 Å². The summed E-state index contributed by atoms with van der Waals surface area (Å²) in [6.45, 7) is 18.7. The molecule has 3 N–H and O–H groups in total. The Balaban J connectivity index is 2.58. The highest BCUT2D eigenvalue weighted by Crippen LogP contribution is 2.35. The lowest BCUT2D eigenvalue weighted by molar-refractivity contribution is -0.390. The topological polar surface area (TPSA) is 153 Å². The summed E-state index contributed by atoms with van der Waals surface area (Å²) in [5, 5.41) is 33.0. The second-order valence-electron chi connectivity index (χ2n) is 15.3. The first kappa shape index (κ1) is 49.6. The van der Waals surface area contributed by atoms with Gasteiger partial charge in [0.1, 0.15) is 54.9 Å². The van der Waals surface area contributed by atoms with Crippen LogP contribution in [-0.2, 0) is 47.4 Å². The van der Waals surface area contributed by atoms with Crippen LogP contribution in [0.1, 0.15) is 132 Å². The molecule has 0 aromatic carbocycles. The zero-order valence-corrected chi connectivity index (χ0v) is 35.1.